The number of carbonyl (C=O) groups excluding carboxylic acids is 5. The van der Waals surface area contributed by atoms with E-state index < -0.39 is 29.9 Å². The second-order valence-electron chi connectivity index (χ2n) is 20.1. The summed E-state index contributed by atoms with van der Waals surface area (Å²) in [5.74, 6) is -3.14. The van der Waals surface area contributed by atoms with Crippen molar-refractivity contribution < 1.29 is 62.7 Å². The van der Waals surface area contributed by atoms with Crippen molar-refractivity contribution in [3.63, 3.8) is 0 Å². The number of aliphatic hydroxyl groups is 1. The van der Waals surface area contributed by atoms with E-state index in [1.807, 2.05) is 0 Å². The van der Waals surface area contributed by atoms with Crippen LogP contribution in [-0.2, 0) is 52.5 Å². The lowest BCUT2D eigenvalue weighted by Crippen LogP contribution is -2.22. The van der Waals surface area contributed by atoms with Gasteiger partial charge in [-0.1, -0.05) is 206 Å². The maximum Gasteiger partial charge on any atom is 0.309 e. The van der Waals surface area contributed by atoms with E-state index >= 15 is 0 Å². The van der Waals surface area contributed by atoms with E-state index in [1.54, 1.807) is 0 Å². The largest absolute Gasteiger partial charge is 0.481 e. The second-order valence-corrected chi connectivity index (χ2v) is 20.1. The fourth-order valence-corrected chi connectivity index (χ4v) is 8.53. The molecular weight excluding hydrogens is 905 g/mol. The van der Waals surface area contributed by atoms with Crippen LogP contribution in [0.2, 0.25) is 0 Å². The molecule has 0 amide bonds. The third-order valence-corrected chi connectivity index (χ3v) is 13.1. The number of hydrogen-bond donors (Lipinski definition) is 2. The Morgan fingerprint density at radius 1 is 0.324 bits per heavy atom. The Morgan fingerprint density at radius 3 is 0.887 bits per heavy atom. The van der Waals surface area contributed by atoms with Crippen molar-refractivity contribution in [1.29, 1.82) is 0 Å². The molecule has 0 radical (unpaired) electrons. The molecule has 71 heavy (non-hydrogen) atoms. The minimum absolute atomic E-state index is 0.0446. The fraction of sp³-hybridized carbons (Fsp3) is 0.897. The SMILES string of the molecule is CCCCCCCCCCCCOC(=O)CC(O)CC(=O)OCCCCCCCC(=O)OCCCCCCCCCCCC(=O)OCCCCCCCC(=O)OCC(CCCCCCCCCC)C(=O)O. The number of carbonyl (C=O) groups is 6. The average Bonchev–Trinajstić information content (AvgIpc) is 3.34. The number of rotatable bonds is 55. The summed E-state index contributed by atoms with van der Waals surface area (Å²) in [5.41, 5.74) is 0. The first kappa shape index (κ1) is 67.8. The predicted octanol–water partition coefficient (Wildman–Crippen LogP) is 14.6. The van der Waals surface area contributed by atoms with Gasteiger partial charge in [-0.05, 0) is 51.4 Å². The molecule has 0 saturated heterocycles. The zero-order valence-corrected chi connectivity index (χ0v) is 45.5. The highest BCUT2D eigenvalue weighted by molar-refractivity contribution is 5.74. The molecule has 13 nitrogen and oxygen atoms in total. The van der Waals surface area contributed by atoms with E-state index in [2.05, 4.69) is 13.8 Å². The van der Waals surface area contributed by atoms with Crippen LogP contribution in [0.4, 0.5) is 0 Å². The normalized spacial score (nSPS) is 12.0. The molecule has 0 aromatic rings. The van der Waals surface area contributed by atoms with Crippen molar-refractivity contribution in [2.45, 2.75) is 296 Å². The third-order valence-electron chi connectivity index (χ3n) is 13.1. The Labute approximate surface area is 432 Å². The molecule has 2 atom stereocenters. The summed E-state index contributed by atoms with van der Waals surface area (Å²) in [6.45, 7) is 5.90. The molecule has 0 aliphatic carbocycles. The van der Waals surface area contributed by atoms with Crippen LogP contribution in [0.5, 0.6) is 0 Å². The van der Waals surface area contributed by atoms with Crippen molar-refractivity contribution in [2.75, 3.05) is 33.0 Å². The zero-order chi connectivity index (χ0) is 52.1. The number of ether oxygens (including phenoxy) is 5. The lowest BCUT2D eigenvalue weighted by molar-refractivity contribution is -0.152. The molecular formula is C58H106O13. The van der Waals surface area contributed by atoms with Gasteiger partial charge >= 0.3 is 35.8 Å². The number of aliphatic carboxylic acids is 1. The Morgan fingerprint density at radius 2 is 0.577 bits per heavy atom. The monoisotopic (exact) mass is 1010 g/mol. The standard InChI is InChI=1S/C58H106O13/c1-3-5-7-9-11-13-16-21-29-38-46-69-56(63)48-52(59)49-57(64)70-47-39-31-22-26-34-42-54(61)67-44-36-28-20-17-14-15-19-25-33-41-53(60)68-45-37-30-23-27-35-43-55(62)71-50-51(58(65)66)40-32-24-18-12-10-8-6-4-2/h51-52,59H,3-50H2,1-2H3,(H,65,66). The minimum Gasteiger partial charge on any atom is -0.481 e. The maximum absolute atomic E-state index is 12.1. The van der Waals surface area contributed by atoms with Gasteiger partial charge in [-0.3, -0.25) is 28.8 Å². The lowest BCUT2D eigenvalue weighted by atomic mass is 10.0. The van der Waals surface area contributed by atoms with Gasteiger partial charge in [0.25, 0.3) is 0 Å². The Balaban J connectivity index is 3.51. The molecule has 0 spiro atoms. The van der Waals surface area contributed by atoms with Gasteiger partial charge in [0.15, 0.2) is 0 Å². The summed E-state index contributed by atoms with van der Waals surface area (Å²) >= 11 is 0. The van der Waals surface area contributed by atoms with E-state index in [9.17, 15) is 39.0 Å². The summed E-state index contributed by atoms with van der Waals surface area (Å²) in [6, 6.07) is 0. The highest BCUT2D eigenvalue weighted by atomic mass is 16.5. The first-order chi connectivity index (χ1) is 34.6. The topological polar surface area (TPSA) is 189 Å². The summed E-state index contributed by atoms with van der Waals surface area (Å²) < 4.78 is 26.5. The predicted molar refractivity (Wildman–Crippen MR) is 282 cm³/mol. The molecule has 0 rings (SSSR count). The second kappa shape index (κ2) is 53.1. The van der Waals surface area contributed by atoms with Crippen LogP contribution in [0, 0.1) is 5.92 Å². The van der Waals surface area contributed by atoms with Gasteiger partial charge in [0, 0.05) is 19.3 Å². The van der Waals surface area contributed by atoms with Gasteiger partial charge in [0.1, 0.15) is 6.61 Å². The summed E-state index contributed by atoms with van der Waals surface area (Å²) in [7, 11) is 0. The number of carboxylic acids is 1. The number of unbranched alkanes of at least 4 members (excludes halogenated alkanes) is 32. The van der Waals surface area contributed by atoms with Gasteiger partial charge < -0.3 is 33.9 Å². The molecule has 2 unspecified atom stereocenters. The Kier molecular flexibility index (Phi) is 50.7. The first-order valence-electron chi connectivity index (χ1n) is 29.3. The first-order valence-corrected chi connectivity index (χ1v) is 29.3. The smallest absolute Gasteiger partial charge is 0.309 e. The molecule has 416 valence electrons. The quantitative estimate of drug-likeness (QED) is 0.0333. The fourth-order valence-electron chi connectivity index (χ4n) is 8.53. The molecule has 0 bridgehead atoms. The molecule has 2 N–H and O–H groups in total. The number of esters is 5. The van der Waals surface area contributed by atoms with Crippen molar-refractivity contribution in [3.05, 3.63) is 0 Å². The van der Waals surface area contributed by atoms with Gasteiger partial charge in [-0.15, -0.1) is 0 Å². The maximum atomic E-state index is 12.1. The minimum atomic E-state index is -1.10. The molecule has 0 saturated carbocycles. The van der Waals surface area contributed by atoms with E-state index in [0.717, 1.165) is 141 Å². The van der Waals surface area contributed by atoms with Crippen LogP contribution in [0.1, 0.15) is 290 Å². The number of aliphatic hydroxyl groups excluding tert-OH is 1. The highest BCUT2D eigenvalue weighted by Crippen LogP contribution is 2.17. The van der Waals surface area contributed by atoms with Crippen LogP contribution in [0.25, 0.3) is 0 Å². The summed E-state index contributed by atoms with van der Waals surface area (Å²) in [5, 5.41) is 19.6. The summed E-state index contributed by atoms with van der Waals surface area (Å²) in [6.07, 6.45) is 39.4. The Hall–Kier alpha value is -3.22. The molecule has 0 heterocycles. The van der Waals surface area contributed by atoms with Crippen molar-refractivity contribution >= 4 is 35.8 Å². The van der Waals surface area contributed by atoms with Crippen LogP contribution >= 0.6 is 0 Å². The van der Waals surface area contributed by atoms with Crippen LogP contribution < -0.4 is 0 Å². The lowest BCUT2D eigenvalue weighted by Gasteiger charge is -2.13. The molecule has 0 fully saturated rings. The van der Waals surface area contributed by atoms with Gasteiger partial charge in [-0.2, -0.15) is 0 Å². The molecule has 0 aliphatic rings. The Bertz CT molecular complexity index is 1270. The van der Waals surface area contributed by atoms with Crippen LogP contribution in [0.15, 0.2) is 0 Å². The van der Waals surface area contributed by atoms with Crippen LogP contribution in [-0.4, -0.2) is 85.2 Å². The van der Waals surface area contributed by atoms with Crippen molar-refractivity contribution in [3.8, 4) is 0 Å². The molecule has 0 aromatic carbocycles. The zero-order valence-electron chi connectivity index (χ0n) is 45.5. The van der Waals surface area contributed by atoms with E-state index in [0.29, 0.717) is 58.3 Å². The van der Waals surface area contributed by atoms with E-state index in [-0.39, 0.29) is 44.0 Å². The van der Waals surface area contributed by atoms with Crippen LogP contribution in [0.3, 0.4) is 0 Å². The number of hydrogen-bond acceptors (Lipinski definition) is 12. The third kappa shape index (κ3) is 51.5. The molecule has 0 aliphatic heterocycles. The van der Waals surface area contributed by atoms with Gasteiger partial charge in [0.2, 0.25) is 0 Å². The number of carboxylic acid groups (broad SMARTS) is 1. The van der Waals surface area contributed by atoms with Crippen molar-refractivity contribution in [1.82, 2.24) is 0 Å². The summed E-state index contributed by atoms with van der Waals surface area (Å²) in [4.78, 5) is 71.9. The molecule has 13 heteroatoms. The highest BCUT2D eigenvalue weighted by Gasteiger charge is 2.20. The van der Waals surface area contributed by atoms with E-state index in [1.165, 1.54) is 83.5 Å². The van der Waals surface area contributed by atoms with E-state index in [4.69, 9.17) is 23.7 Å². The van der Waals surface area contributed by atoms with Crippen molar-refractivity contribution in [2.24, 2.45) is 5.92 Å². The van der Waals surface area contributed by atoms with Gasteiger partial charge in [-0.25, -0.2) is 0 Å². The molecule has 0 aromatic heterocycles. The van der Waals surface area contributed by atoms with Gasteiger partial charge in [0.05, 0.1) is 51.3 Å². The average molecular weight is 1010 g/mol.